The monoisotopic (exact) mass is 332 g/mol. The van der Waals surface area contributed by atoms with E-state index in [1.54, 1.807) is 0 Å². The normalized spacial score (nSPS) is 24.6. The summed E-state index contributed by atoms with van der Waals surface area (Å²) in [7, 11) is 0. The summed E-state index contributed by atoms with van der Waals surface area (Å²) in [6, 6.07) is 0.178. The van der Waals surface area contributed by atoms with Crippen LogP contribution in [0.5, 0.6) is 0 Å². The van der Waals surface area contributed by atoms with Gasteiger partial charge < -0.3 is 16.2 Å². The highest BCUT2D eigenvalue weighted by Gasteiger charge is 2.38. The number of aliphatic hydroxyl groups excluding tert-OH is 1. The molecule has 132 valence electrons. The third kappa shape index (κ3) is 4.04. The van der Waals surface area contributed by atoms with Crippen LogP contribution in [0.15, 0.2) is 6.20 Å². The van der Waals surface area contributed by atoms with E-state index in [9.17, 15) is 9.90 Å². The number of primary amides is 1. The van der Waals surface area contributed by atoms with Crippen LogP contribution in [0.1, 0.15) is 68.4 Å². The summed E-state index contributed by atoms with van der Waals surface area (Å²) in [6.07, 6.45) is 8.07. The summed E-state index contributed by atoms with van der Waals surface area (Å²) in [4.78, 5) is 20.6. The second-order valence-electron chi connectivity index (χ2n) is 8.02. The lowest BCUT2D eigenvalue weighted by Crippen LogP contribution is -2.31. The molecule has 1 aromatic heterocycles. The van der Waals surface area contributed by atoms with Crippen molar-refractivity contribution in [1.82, 2.24) is 9.97 Å². The van der Waals surface area contributed by atoms with Crippen LogP contribution in [-0.4, -0.2) is 33.1 Å². The number of aromatic nitrogens is 2. The zero-order chi connectivity index (χ0) is 17.3. The van der Waals surface area contributed by atoms with E-state index < -0.39 is 5.91 Å². The molecule has 2 saturated carbocycles. The number of nitrogens with zero attached hydrogens (tertiary/aromatic N) is 2. The summed E-state index contributed by atoms with van der Waals surface area (Å²) in [5.74, 6) is 0.745. The summed E-state index contributed by atoms with van der Waals surface area (Å²) in [5, 5.41) is 13.1. The van der Waals surface area contributed by atoms with Gasteiger partial charge in [0.05, 0.1) is 17.4 Å². The maximum Gasteiger partial charge on any atom is 0.252 e. The Morgan fingerprint density at radius 2 is 2.12 bits per heavy atom. The van der Waals surface area contributed by atoms with Crippen LogP contribution in [0.3, 0.4) is 0 Å². The molecule has 1 aromatic rings. The van der Waals surface area contributed by atoms with E-state index in [1.165, 1.54) is 19.0 Å². The first-order valence-corrected chi connectivity index (χ1v) is 8.95. The Morgan fingerprint density at radius 3 is 2.75 bits per heavy atom. The third-order valence-corrected chi connectivity index (χ3v) is 5.42. The number of nitrogens with one attached hydrogen (secondary N) is 1. The van der Waals surface area contributed by atoms with Crippen LogP contribution >= 0.6 is 0 Å². The van der Waals surface area contributed by atoms with Crippen molar-refractivity contribution < 1.29 is 9.90 Å². The number of anilines is 1. The molecule has 2 aliphatic rings. The highest BCUT2D eigenvalue weighted by atomic mass is 16.3. The minimum atomic E-state index is -0.476. The van der Waals surface area contributed by atoms with Gasteiger partial charge in [-0.05, 0) is 56.3 Å². The van der Waals surface area contributed by atoms with Gasteiger partial charge in [-0.1, -0.05) is 13.8 Å². The first-order valence-electron chi connectivity index (χ1n) is 8.95. The van der Waals surface area contributed by atoms with Gasteiger partial charge >= 0.3 is 0 Å². The topological polar surface area (TPSA) is 101 Å². The van der Waals surface area contributed by atoms with Gasteiger partial charge in [-0.2, -0.15) is 0 Å². The van der Waals surface area contributed by atoms with Crippen LogP contribution in [0.25, 0.3) is 0 Å². The zero-order valence-corrected chi connectivity index (χ0v) is 14.6. The first kappa shape index (κ1) is 17.1. The summed E-state index contributed by atoms with van der Waals surface area (Å²) >= 11 is 0. The number of rotatable bonds is 6. The average Bonchev–Trinajstić information content (AvgIpc) is 3.31. The van der Waals surface area contributed by atoms with Crippen molar-refractivity contribution in [3.05, 3.63) is 17.5 Å². The molecule has 0 saturated heterocycles. The summed E-state index contributed by atoms with van der Waals surface area (Å²) in [6.45, 7) is 4.45. The molecular weight excluding hydrogens is 304 g/mol. The maximum atomic E-state index is 11.7. The van der Waals surface area contributed by atoms with E-state index in [1.807, 2.05) is 0 Å². The maximum absolute atomic E-state index is 11.7. The van der Waals surface area contributed by atoms with Crippen LogP contribution < -0.4 is 11.1 Å². The van der Waals surface area contributed by atoms with Gasteiger partial charge in [-0.15, -0.1) is 0 Å². The minimum absolute atomic E-state index is 0.108. The molecule has 4 N–H and O–H groups in total. The van der Waals surface area contributed by atoms with Gasteiger partial charge in [0, 0.05) is 12.2 Å². The molecule has 3 rings (SSSR count). The Morgan fingerprint density at radius 1 is 1.38 bits per heavy atom. The largest absolute Gasteiger partial charge is 0.393 e. The molecule has 2 aliphatic carbocycles. The number of hydrogen-bond donors (Lipinski definition) is 3. The number of nitrogens with two attached hydrogens (primary N) is 1. The summed E-state index contributed by atoms with van der Waals surface area (Å²) < 4.78 is 0. The van der Waals surface area contributed by atoms with E-state index in [4.69, 9.17) is 5.73 Å². The molecule has 2 fully saturated rings. The van der Waals surface area contributed by atoms with E-state index in [2.05, 4.69) is 29.1 Å². The molecule has 0 bridgehead atoms. The fraction of sp³-hybridized carbons (Fsp3) is 0.722. The van der Waals surface area contributed by atoms with Crippen molar-refractivity contribution in [3.63, 3.8) is 0 Å². The van der Waals surface area contributed by atoms with Crippen molar-refractivity contribution in [2.45, 2.75) is 70.9 Å². The molecule has 0 aromatic carbocycles. The lowest BCUT2D eigenvalue weighted by molar-refractivity contribution is 0.0998. The standard InChI is InChI=1S/C18H28N4O2/c1-18(2,11-6-7-11)9-15-14(16(19)24)10-20-17(22-15)21-12-4-3-5-13(23)8-12/h10-13,23H,3-9H2,1-2H3,(H2,19,24)(H,20,21,22)/t12-,13+/m1/s1. The van der Waals surface area contributed by atoms with E-state index in [0.717, 1.165) is 31.4 Å². The fourth-order valence-electron chi connectivity index (χ4n) is 3.75. The van der Waals surface area contributed by atoms with E-state index in [-0.39, 0.29) is 17.6 Å². The van der Waals surface area contributed by atoms with E-state index in [0.29, 0.717) is 23.9 Å². The van der Waals surface area contributed by atoms with Crippen molar-refractivity contribution in [3.8, 4) is 0 Å². The number of hydrogen-bond acceptors (Lipinski definition) is 5. The van der Waals surface area contributed by atoms with Gasteiger partial charge in [0.2, 0.25) is 5.95 Å². The van der Waals surface area contributed by atoms with Crippen LogP contribution in [-0.2, 0) is 6.42 Å². The predicted molar refractivity (Wildman–Crippen MR) is 92.6 cm³/mol. The van der Waals surface area contributed by atoms with Crippen LogP contribution in [0.4, 0.5) is 5.95 Å². The summed E-state index contributed by atoms with van der Waals surface area (Å²) in [5.41, 5.74) is 6.76. The molecule has 2 atom stereocenters. The van der Waals surface area contributed by atoms with Crippen molar-refractivity contribution in [1.29, 1.82) is 0 Å². The number of carbonyl (C=O) groups is 1. The van der Waals surface area contributed by atoms with Gasteiger partial charge in [0.1, 0.15) is 0 Å². The van der Waals surface area contributed by atoms with Crippen molar-refractivity contribution >= 4 is 11.9 Å². The molecule has 0 radical (unpaired) electrons. The SMILES string of the molecule is CC(C)(Cc1nc(N[C@@H]2CCC[C@H](O)C2)ncc1C(N)=O)C1CC1. The fourth-order valence-corrected chi connectivity index (χ4v) is 3.75. The van der Waals surface area contributed by atoms with Gasteiger partial charge in [-0.3, -0.25) is 4.79 Å². The Hall–Kier alpha value is -1.69. The van der Waals surface area contributed by atoms with Gasteiger partial charge in [-0.25, -0.2) is 9.97 Å². The van der Waals surface area contributed by atoms with Crippen LogP contribution in [0.2, 0.25) is 0 Å². The zero-order valence-electron chi connectivity index (χ0n) is 14.6. The Balaban J connectivity index is 1.78. The Bertz CT molecular complexity index is 613. The molecule has 1 amide bonds. The number of aliphatic hydroxyl groups is 1. The molecule has 6 heteroatoms. The smallest absolute Gasteiger partial charge is 0.252 e. The predicted octanol–water partition coefficient (Wildman–Crippen LogP) is 2.27. The number of amides is 1. The molecule has 0 aliphatic heterocycles. The first-order chi connectivity index (χ1) is 11.3. The van der Waals surface area contributed by atoms with Crippen molar-refractivity contribution in [2.24, 2.45) is 17.1 Å². The molecule has 0 spiro atoms. The van der Waals surface area contributed by atoms with E-state index >= 15 is 0 Å². The molecule has 6 nitrogen and oxygen atoms in total. The minimum Gasteiger partial charge on any atom is -0.393 e. The molecule has 0 unspecified atom stereocenters. The van der Waals surface area contributed by atoms with Crippen molar-refractivity contribution in [2.75, 3.05) is 5.32 Å². The second kappa shape index (κ2) is 6.67. The highest BCUT2D eigenvalue weighted by Crippen LogP contribution is 2.47. The third-order valence-electron chi connectivity index (χ3n) is 5.42. The quantitative estimate of drug-likeness (QED) is 0.742. The van der Waals surface area contributed by atoms with Gasteiger partial charge in [0.15, 0.2) is 0 Å². The highest BCUT2D eigenvalue weighted by molar-refractivity contribution is 5.93. The Kier molecular flexibility index (Phi) is 4.76. The molecule has 1 heterocycles. The second-order valence-corrected chi connectivity index (χ2v) is 8.02. The van der Waals surface area contributed by atoms with Gasteiger partial charge in [0.25, 0.3) is 5.91 Å². The average molecular weight is 332 g/mol. The molecular formula is C18H28N4O2. The van der Waals surface area contributed by atoms with Crippen LogP contribution in [0, 0.1) is 11.3 Å². The lowest BCUT2D eigenvalue weighted by atomic mass is 9.82. The lowest BCUT2D eigenvalue weighted by Gasteiger charge is -2.27. The number of carbonyl (C=O) groups excluding carboxylic acids is 1. The molecule has 24 heavy (non-hydrogen) atoms. The Labute approximate surface area is 143 Å².